The average Bonchev–Trinajstić information content (AvgIpc) is 2.57. The third-order valence-electron chi connectivity index (χ3n) is 4.21. The molecular formula is C20H39NO2. The molecule has 0 amide bonds. The second-order valence-corrected chi connectivity index (χ2v) is 6.46. The van der Waals surface area contributed by atoms with Crippen LogP contribution in [0.1, 0.15) is 90.9 Å². The number of carbonyl (C=O) groups excluding carboxylic acids is 1. The van der Waals surface area contributed by atoms with Crippen LogP contribution in [0.2, 0.25) is 0 Å². The largest absolute Gasteiger partial charge is 0.461 e. The summed E-state index contributed by atoms with van der Waals surface area (Å²) in [7, 11) is 0. The Balaban J connectivity index is 3.82. The Labute approximate surface area is 144 Å². The summed E-state index contributed by atoms with van der Waals surface area (Å²) in [6, 6.07) is 0.288. The van der Waals surface area contributed by atoms with Crippen molar-refractivity contribution in [3.8, 4) is 0 Å². The van der Waals surface area contributed by atoms with Crippen molar-refractivity contribution in [3.63, 3.8) is 0 Å². The van der Waals surface area contributed by atoms with E-state index in [9.17, 15) is 4.79 Å². The van der Waals surface area contributed by atoms with Crippen LogP contribution in [0, 0.1) is 0 Å². The van der Waals surface area contributed by atoms with Gasteiger partial charge < -0.3 is 10.1 Å². The summed E-state index contributed by atoms with van der Waals surface area (Å²) >= 11 is 0. The van der Waals surface area contributed by atoms with Crippen molar-refractivity contribution in [1.82, 2.24) is 5.32 Å². The molecule has 1 atom stereocenters. The molecule has 0 aromatic carbocycles. The Kier molecular flexibility index (Phi) is 16.9. The van der Waals surface area contributed by atoms with Gasteiger partial charge in [0.15, 0.2) is 0 Å². The zero-order valence-corrected chi connectivity index (χ0v) is 15.6. The smallest absolute Gasteiger partial charge is 0.330 e. The zero-order chi connectivity index (χ0) is 17.2. The molecule has 0 heterocycles. The highest BCUT2D eigenvalue weighted by atomic mass is 16.5. The van der Waals surface area contributed by atoms with Crippen LogP contribution in [-0.2, 0) is 9.53 Å². The summed E-state index contributed by atoms with van der Waals surface area (Å²) < 4.78 is 5.22. The molecule has 3 heteroatoms. The maximum atomic E-state index is 11.2. The number of hydrogen-bond donors (Lipinski definition) is 1. The van der Waals surface area contributed by atoms with Gasteiger partial charge in [-0.25, -0.2) is 4.79 Å². The Morgan fingerprint density at radius 3 is 2.13 bits per heavy atom. The third kappa shape index (κ3) is 15.8. The summed E-state index contributed by atoms with van der Waals surface area (Å²) in [4.78, 5) is 11.2. The Hall–Kier alpha value is -0.830. The molecule has 0 aliphatic heterocycles. The summed E-state index contributed by atoms with van der Waals surface area (Å²) in [6.07, 6.45) is 16.6. The number of nitrogens with one attached hydrogen (secondary N) is 1. The van der Waals surface area contributed by atoms with E-state index in [-0.39, 0.29) is 12.0 Å². The van der Waals surface area contributed by atoms with E-state index in [0.717, 1.165) is 13.0 Å². The van der Waals surface area contributed by atoms with Crippen molar-refractivity contribution in [3.05, 3.63) is 12.7 Å². The lowest BCUT2D eigenvalue weighted by Crippen LogP contribution is -2.35. The zero-order valence-electron chi connectivity index (χ0n) is 15.6. The van der Waals surface area contributed by atoms with Crippen LogP contribution in [-0.4, -0.2) is 25.2 Å². The van der Waals surface area contributed by atoms with Gasteiger partial charge in [-0.2, -0.15) is 0 Å². The molecule has 0 fully saturated rings. The predicted molar refractivity (Wildman–Crippen MR) is 99.7 cm³/mol. The van der Waals surface area contributed by atoms with Gasteiger partial charge in [-0.1, -0.05) is 84.6 Å². The first kappa shape index (κ1) is 22.2. The predicted octanol–water partition coefficient (Wildman–Crippen LogP) is 5.39. The standard InChI is InChI=1S/C20H39NO2/c1-4-7-9-11-13-15-17-21-19(18-23-20(22)6-3)16-14-12-10-8-5-2/h6,19,21H,3-5,7-18H2,1-2H3. The van der Waals surface area contributed by atoms with E-state index in [1.54, 1.807) is 0 Å². The van der Waals surface area contributed by atoms with Gasteiger partial charge in [0.25, 0.3) is 0 Å². The van der Waals surface area contributed by atoms with Crippen molar-refractivity contribution in [1.29, 1.82) is 0 Å². The van der Waals surface area contributed by atoms with Crippen LogP contribution >= 0.6 is 0 Å². The van der Waals surface area contributed by atoms with Gasteiger partial charge in [0.1, 0.15) is 6.61 Å². The minimum Gasteiger partial charge on any atom is -0.461 e. The molecule has 0 aliphatic rings. The molecule has 0 saturated carbocycles. The van der Waals surface area contributed by atoms with Gasteiger partial charge >= 0.3 is 5.97 Å². The molecule has 0 aliphatic carbocycles. The van der Waals surface area contributed by atoms with Gasteiger partial charge in [-0.15, -0.1) is 0 Å². The van der Waals surface area contributed by atoms with E-state index in [4.69, 9.17) is 4.74 Å². The summed E-state index contributed by atoms with van der Waals surface area (Å²) in [5, 5.41) is 3.57. The average molecular weight is 326 g/mol. The van der Waals surface area contributed by atoms with Gasteiger partial charge in [0.05, 0.1) is 0 Å². The lowest BCUT2D eigenvalue weighted by Gasteiger charge is -2.18. The van der Waals surface area contributed by atoms with Crippen LogP contribution in [0.25, 0.3) is 0 Å². The molecule has 1 unspecified atom stereocenters. The van der Waals surface area contributed by atoms with Crippen LogP contribution in [0.4, 0.5) is 0 Å². The summed E-state index contributed by atoms with van der Waals surface area (Å²) in [6.45, 7) is 9.43. The van der Waals surface area contributed by atoms with Gasteiger partial charge in [0, 0.05) is 12.1 Å². The second-order valence-electron chi connectivity index (χ2n) is 6.46. The van der Waals surface area contributed by atoms with Gasteiger partial charge in [0.2, 0.25) is 0 Å². The van der Waals surface area contributed by atoms with Crippen molar-refractivity contribution in [2.45, 2.75) is 96.9 Å². The molecule has 23 heavy (non-hydrogen) atoms. The third-order valence-corrected chi connectivity index (χ3v) is 4.21. The summed E-state index contributed by atoms with van der Waals surface area (Å²) in [5.41, 5.74) is 0. The number of ether oxygens (including phenoxy) is 1. The van der Waals surface area contributed by atoms with Crippen LogP contribution in [0.3, 0.4) is 0 Å². The molecular weight excluding hydrogens is 286 g/mol. The van der Waals surface area contributed by atoms with E-state index >= 15 is 0 Å². The minimum absolute atomic E-state index is 0.288. The highest BCUT2D eigenvalue weighted by molar-refractivity contribution is 5.81. The maximum absolute atomic E-state index is 11.2. The molecule has 3 nitrogen and oxygen atoms in total. The minimum atomic E-state index is -0.317. The molecule has 1 N–H and O–H groups in total. The van der Waals surface area contributed by atoms with E-state index < -0.39 is 0 Å². The fourth-order valence-corrected chi connectivity index (χ4v) is 2.69. The van der Waals surface area contributed by atoms with Crippen LogP contribution < -0.4 is 5.32 Å². The fourth-order valence-electron chi connectivity index (χ4n) is 2.69. The normalized spacial score (nSPS) is 12.1. The number of carbonyl (C=O) groups is 1. The molecule has 0 saturated heterocycles. The molecule has 0 spiro atoms. The molecule has 0 aromatic heterocycles. The van der Waals surface area contributed by atoms with Gasteiger partial charge in [-0.3, -0.25) is 0 Å². The Bertz CT molecular complexity index is 279. The molecule has 136 valence electrons. The van der Waals surface area contributed by atoms with Crippen molar-refractivity contribution in [2.24, 2.45) is 0 Å². The van der Waals surface area contributed by atoms with E-state index in [2.05, 4.69) is 25.7 Å². The van der Waals surface area contributed by atoms with Crippen LogP contribution in [0.15, 0.2) is 12.7 Å². The Morgan fingerprint density at radius 1 is 0.957 bits per heavy atom. The topological polar surface area (TPSA) is 38.3 Å². The van der Waals surface area contributed by atoms with E-state index in [0.29, 0.717) is 6.61 Å². The molecule has 0 radical (unpaired) electrons. The van der Waals surface area contributed by atoms with E-state index in [1.165, 1.54) is 76.7 Å². The number of unbranched alkanes of at least 4 members (excludes halogenated alkanes) is 9. The van der Waals surface area contributed by atoms with Crippen LogP contribution in [0.5, 0.6) is 0 Å². The first-order chi connectivity index (χ1) is 11.2. The highest BCUT2D eigenvalue weighted by Crippen LogP contribution is 2.09. The summed E-state index contributed by atoms with van der Waals surface area (Å²) in [5.74, 6) is -0.317. The quantitative estimate of drug-likeness (QED) is 0.221. The maximum Gasteiger partial charge on any atom is 0.330 e. The van der Waals surface area contributed by atoms with Crippen molar-refractivity contribution < 1.29 is 9.53 Å². The lowest BCUT2D eigenvalue weighted by atomic mass is 10.1. The number of esters is 1. The van der Waals surface area contributed by atoms with Gasteiger partial charge in [-0.05, 0) is 19.4 Å². The Morgan fingerprint density at radius 2 is 1.52 bits per heavy atom. The highest BCUT2D eigenvalue weighted by Gasteiger charge is 2.10. The lowest BCUT2D eigenvalue weighted by molar-refractivity contribution is -0.138. The number of hydrogen-bond acceptors (Lipinski definition) is 3. The van der Waals surface area contributed by atoms with E-state index in [1.807, 2.05) is 0 Å². The van der Waals surface area contributed by atoms with Crippen molar-refractivity contribution in [2.75, 3.05) is 13.2 Å². The van der Waals surface area contributed by atoms with Crippen molar-refractivity contribution >= 4 is 5.97 Å². The first-order valence-electron chi connectivity index (χ1n) is 9.77. The first-order valence-corrected chi connectivity index (χ1v) is 9.77. The molecule has 0 aromatic rings. The monoisotopic (exact) mass is 325 g/mol. The fraction of sp³-hybridized carbons (Fsp3) is 0.850. The molecule has 0 rings (SSSR count). The number of rotatable bonds is 17. The second kappa shape index (κ2) is 17.5. The SMILES string of the molecule is C=CC(=O)OCC(CCCCCCC)NCCCCCCCC. The molecule has 0 bridgehead atoms.